The first kappa shape index (κ1) is 11.9. The van der Waals surface area contributed by atoms with Gasteiger partial charge in [0.15, 0.2) is 0 Å². The number of alkyl halides is 1. The maximum atomic E-state index is 13.3. The minimum absolute atomic E-state index is 0.150. The van der Waals surface area contributed by atoms with Crippen molar-refractivity contribution in [2.75, 3.05) is 5.33 Å². The van der Waals surface area contributed by atoms with Gasteiger partial charge >= 0.3 is 0 Å². The van der Waals surface area contributed by atoms with Crippen LogP contribution in [0.4, 0.5) is 4.39 Å². The summed E-state index contributed by atoms with van der Waals surface area (Å²) in [6.07, 6.45) is 5.69. The molecule has 0 heterocycles. The van der Waals surface area contributed by atoms with E-state index in [1.54, 1.807) is 6.07 Å². The third kappa shape index (κ3) is 3.93. The van der Waals surface area contributed by atoms with Gasteiger partial charge in [0.1, 0.15) is 5.82 Å². The van der Waals surface area contributed by atoms with Crippen LogP contribution < -0.4 is 0 Å². The second-order valence-electron chi connectivity index (χ2n) is 2.89. The normalized spacial score (nSPS) is 11.1. The van der Waals surface area contributed by atoms with E-state index >= 15 is 0 Å². The van der Waals surface area contributed by atoms with E-state index in [2.05, 4.69) is 37.9 Å². The summed E-state index contributed by atoms with van der Waals surface area (Å²) >= 11 is 6.55. The summed E-state index contributed by atoms with van der Waals surface area (Å²) in [5.41, 5.74) is 0.735. The van der Waals surface area contributed by atoms with Gasteiger partial charge in [0, 0.05) is 9.80 Å². The number of rotatable bonds is 4. The van der Waals surface area contributed by atoms with Crippen LogP contribution >= 0.6 is 31.9 Å². The Kier molecular flexibility index (Phi) is 5.41. The van der Waals surface area contributed by atoms with Crippen LogP contribution in [0.3, 0.4) is 0 Å². The van der Waals surface area contributed by atoms with Crippen LogP contribution in [0.5, 0.6) is 0 Å². The van der Waals surface area contributed by atoms with Crippen molar-refractivity contribution in [2.24, 2.45) is 0 Å². The lowest BCUT2D eigenvalue weighted by Crippen LogP contribution is -1.87. The van der Waals surface area contributed by atoms with Crippen molar-refractivity contribution in [2.45, 2.75) is 12.8 Å². The lowest BCUT2D eigenvalue weighted by atomic mass is 10.1. The number of hydrogen-bond donors (Lipinski definition) is 0. The van der Waals surface area contributed by atoms with Crippen molar-refractivity contribution in [3.05, 3.63) is 46.2 Å². The highest BCUT2D eigenvalue weighted by atomic mass is 79.9. The van der Waals surface area contributed by atoms with E-state index in [1.165, 1.54) is 6.07 Å². The Morgan fingerprint density at radius 2 is 2.07 bits per heavy atom. The van der Waals surface area contributed by atoms with Crippen molar-refractivity contribution in [3.63, 3.8) is 0 Å². The van der Waals surface area contributed by atoms with Gasteiger partial charge in [0.25, 0.3) is 0 Å². The molecule has 1 aromatic carbocycles. The molecule has 0 spiro atoms. The van der Waals surface area contributed by atoms with Crippen LogP contribution in [0.1, 0.15) is 12.0 Å². The SMILES string of the molecule is Fc1cc(Br)ccc1CC=CCCBr. The van der Waals surface area contributed by atoms with Gasteiger partial charge in [0.05, 0.1) is 0 Å². The highest BCUT2D eigenvalue weighted by Crippen LogP contribution is 2.15. The van der Waals surface area contributed by atoms with Crippen molar-refractivity contribution in [1.29, 1.82) is 0 Å². The summed E-state index contributed by atoms with van der Waals surface area (Å²) in [6.45, 7) is 0. The van der Waals surface area contributed by atoms with Crippen LogP contribution in [-0.4, -0.2) is 5.33 Å². The Hall–Kier alpha value is -0.150. The molecule has 0 aromatic heterocycles. The van der Waals surface area contributed by atoms with Gasteiger partial charge in [-0.1, -0.05) is 50.1 Å². The largest absolute Gasteiger partial charge is 0.207 e. The fourth-order valence-electron chi connectivity index (χ4n) is 1.08. The van der Waals surface area contributed by atoms with Crippen molar-refractivity contribution in [1.82, 2.24) is 0 Å². The van der Waals surface area contributed by atoms with Crippen molar-refractivity contribution in [3.8, 4) is 0 Å². The zero-order valence-corrected chi connectivity index (χ0v) is 10.8. The quantitative estimate of drug-likeness (QED) is 0.567. The second-order valence-corrected chi connectivity index (χ2v) is 4.60. The van der Waals surface area contributed by atoms with Crippen LogP contribution in [0.15, 0.2) is 34.8 Å². The van der Waals surface area contributed by atoms with E-state index in [9.17, 15) is 4.39 Å². The standard InChI is InChI=1S/C11H11Br2F/c12-7-3-1-2-4-9-5-6-10(13)8-11(9)14/h1-2,5-6,8H,3-4,7H2. The molecule has 0 bridgehead atoms. The van der Waals surface area contributed by atoms with Gasteiger partial charge in [-0.25, -0.2) is 4.39 Å². The third-order valence-corrected chi connectivity index (χ3v) is 2.75. The molecular formula is C11H11Br2F. The first-order valence-electron chi connectivity index (χ1n) is 4.39. The second kappa shape index (κ2) is 6.36. The van der Waals surface area contributed by atoms with E-state index in [0.29, 0.717) is 6.42 Å². The molecule has 0 aliphatic carbocycles. The predicted octanol–water partition coefficient (Wildman–Crippen LogP) is 4.47. The highest BCUT2D eigenvalue weighted by molar-refractivity contribution is 9.10. The van der Waals surface area contributed by atoms with Crippen molar-refractivity contribution >= 4 is 31.9 Å². The highest BCUT2D eigenvalue weighted by Gasteiger charge is 1.99. The van der Waals surface area contributed by atoms with Crippen LogP contribution in [-0.2, 0) is 6.42 Å². The molecule has 0 amide bonds. The first-order chi connectivity index (χ1) is 6.74. The molecule has 0 unspecified atom stereocenters. The van der Waals surface area contributed by atoms with E-state index < -0.39 is 0 Å². The smallest absolute Gasteiger partial charge is 0.127 e. The third-order valence-electron chi connectivity index (χ3n) is 1.80. The molecule has 0 N–H and O–H groups in total. The molecule has 1 aromatic rings. The van der Waals surface area contributed by atoms with Gasteiger partial charge in [-0.3, -0.25) is 0 Å². The molecule has 14 heavy (non-hydrogen) atoms. The minimum atomic E-state index is -0.150. The number of allylic oxidation sites excluding steroid dienone is 2. The van der Waals surface area contributed by atoms with Crippen LogP contribution in [0, 0.1) is 5.82 Å². The molecule has 0 atom stereocenters. The average molecular weight is 322 g/mol. The predicted molar refractivity (Wildman–Crippen MR) is 65.4 cm³/mol. The fourth-order valence-corrected chi connectivity index (χ4v) is 1.68. The Morgan fingerprint density at radius 1 is 1.29 bits per heavy atom. The summed E-state index contributed by atoms with van der Waals surface area (Å²) in [4.78, 5) is 0. The summed E-state index contributed by atoms with van der Waals surface area (Å²) < 4.78 is 14.1. The molecule has 1 rings (SSSR count). The fraction of sp³-hybridized carbons (Fsp3) is 0.273. The number of hydrogen-bond acceptors (Lipinski definition) is 0. The monoisotopic (exact) mass is 320 g/mol. The molecule has 0 aliphatic rings. The van der Waals surface area contributed by atoms with Crippen LogP contribution in [0.2, 0.25) is 0 Å². The molecule has 0 aliphatic heterocycles. The Labute approximate surface area is 100 Å². The van der Waals surface area contributed by atoms with Gasteiger partial charge in [0.2, 0.25) is 0 Å². The summed E-state index contributed by atoms with van der Waals surface area (Å²) in [5, 5.41) is 0.951. The Balaban J connectivity index is 2.59. The molecule has 3 heteroatoms. The minimum Gasteiger partial charge on any atom is -0.207 e. The molecule has 0 nitrogen and oxygen atoms in total. The average Bonchev–Trinajstić information content (AvgIpc) is 2.15. The van der Waals surface area contributed by atoms with E-state index in [0.717, 1.165) is 21.8 Å². The Bertz CT molecular complexity index is 321. The van der Waals surface area contributed by atoms with E-state index in [4.69, 9.17) is 0 Å². The molecular weight excluding hydrogens is 311 g/mol. The molecule has 76 valence electrons. The van der Waals surface area contributed by atoms with Gasteiger partial charge in [-0.05, 0) is 30.5 Å². The first-order valence-corrected chi connectivity index (χ1v) is 6.30. The maximum Gasteiger partial charge on any atom is 0.127 e. The summed E-state index contributed by atoms with van der Waals surface area (Å²) in [5.74, 6) is -0.150. The van der Waals surface area contributed by atoms with Gasteiger partial charge < -0.3 is 0 Å². The molecule has 0 fully saturated rings. The number of benzene rings is 1. The lowest BCUT2D eigenvalue weighted by molar-refractivity contribution is 0.614. The molecule has 0 saturated carbocycles. The zero-order valence-electron chi connectivity index (χ0n) is 7.64. The van der Waals surface area contributed by atoms with Gasteiger partial charge in [-0.15, -0.1) is 0 Å². The zero-order chi connectivity index (χ0) is 10.4. The van der Waals surface area contributed by atoms with E-state index in [1.807, 2.05) is 12.1 Å². The Morgan fingerprint density at radius 3 is 2.71 bits per heavy atom. The number of halogens is 3. The van der Waals surface area contributed by atoms with Crippen LogP contribution in [0.25, 0.3) is 0 Å². The summed E-state index contributed by atoms with van der Waals surface area (Å²) in [7, 11) is 0. The molecule has 0 saturated heterocycles. The lowest BCUT2D eigenvalue weighted by Gasteiger charge is -1.99. The van der Waals surface area contributed by atoms with E-state index in [-0.39, 0.29) is 5.82 Å². The van der Waals surface area contributed by atoms with Crippen molar-refractivity contribution < 1.29 is 4.39 Å². The topological polar surface area (TPSA) is 0 Å². The van der Waals surface area contributed by atoms with Gasteiger partial charge in [-0.2, -0.15) is 0 Å². The maximum absolute atomic E-state index is 13.3. The molecule has 0 radical (unpaired) electrons. The summed E-state index contributed by atoms with van der Waals surface area (Å²) in [6, 6.07) is 5.16.